The van der Waals surface area contributed by atoms with Gasteiger partial charge in [-0.15, -0.1) is 0 Å². The third-order valence-electron chi connectivity index (χ3n) is 1.79. The second-order valence-electron chi connectivity index (χ2n) is 3.14. The van der Waals surface area contributed by atoms with Gasteiger partial charge in [0.05, 0.1) is 6.21 Å². The molecule has 78 valence electrons. The standard InChI is InChI=1S/C11H13N3S/c1-8(2)10-5-3-9(4-6-10)7-13-14-11(12)15/h3-7H,1H2,2H3,(H3,12,14,15)/b13-7+. The summed E-state index contributed by atoms with van der Waals surface area (Å²) in [4.78, 5) is 0. The van der Waals surface area contributed by atoms with E-state index < -0.39 is 0 Å². The van der Waals surface area contributed by atoms with Crippen LogP contribution in [0.5, 0.6) is 0 Å². The number of nitrogens with two attached hydrogens (primary N) is 1. The van der Waals surface area contributed by atoms with Gasteiger partial charge in [0.2, 0.25) is 0 Å². The summed E-state index contributed by atoms with van der Waals surface area (Å²) in [6.45, 7) is 5.83. The smallest absolute Gasteiger partial charge is 0.184 e. The number of hydrogen-bond acceptors (Lipinski definition) is 2. The third kappa shape index (κ3) is 3.91. The average molecular weight is 219 g/mol. The first-order valence-corrected chi connectivity index (χ1v) is 4.85. The Hall–Kier alpha value is -1.68. The third-order valence-corrected chi connectivity index (χ3v) is 1.88. The van der Waals surface area contributed by atoms with E-state index in [1.807, 2.05) is 31.2 Å². The summed E-state index contributed by atoms with van der Waals surface area (Å²) >= 11 is 4.61. The molecule has 4 heteroatoms. The Morgan fingerprint density at radius 3 is 2.53 bits per heavy atom. The molecular formula is C11H13N3S. The predicted molar refractivity (Wildman–Crippen MR) is 68.7 cm³/mol. The average Bonchev–Trinajstić information content (AvgIpc) is 2.18. The Bertz CT molecular complexity index is 393. The molecule has 0 amide bonds. The van der Waals surface area contributed by atoms with Gasteiger partial charge in [-0.1, -0.05) is 36.4 Å². The van der Waals surface area contributed by atoms with Crippen molar-refractivity contribution in [2.24, 2.45) is 10.8 Å². The zero-order chi connectivity index (χ0) is 11.3. The van der Waals surface area contributed by atoms with Gasteiger partial charge < -0.3 is 5.73 Å². The van der Waals surface area contributed by atoms with E-state index in [9.17, 15) is 0 Å². The SMILES string of the molecule is C=C(C)c1ccc(/C=N/NC(N)=S)cc1. The van der Waals surface area contributed by atoms with Gasteiger partial charge in [-0.25, -0.2) is 0 Å². The normalized spacial score (nSPS) is 10.2. The lowest BCUT2D eigenvalue weighted by molar-refractivity contribution is 1.04. The molecule has 0 aliphatic rings. The van der Waals surface area contributed by atoms with Crippen LogP contribution >= 0.6 is 12.2 Å². The molecule has 0 aliphatic heterocycles. The molecule has 15 heavy (non-hydrogen) atoms. The molecule has 3 N–H and O–H groups in total. The molecular weight excluding hydrogens is 206 g/mol. The molecule has 0 bridgehead atoms. The summed E-state index contributed by atoms with van der Waals surface area (Å²) < 4.78 is 0. The quantitative estimate of drug-likeness (QED) is 0.463. The summed E-state index contributed by atoms with van der Waals surface area (Å²) in [7, 11) is 0. The number of nitrogens with zero attached hydrogens (tertiary/aromatic N) is 1. The van der Waals surface area contributed by atoms with Crippen LogP contribution in [-0.4, -0.2) is 11.3 Å². The minimum Gasteiger partial charge on any atom is -0.375 e. The summed E-state index contributed by atoms with van der Waals surface area (Å²) in [5, 5.41) is 4.01. The largest absolute Gasteiger partial charge is 0.375 e. The van der Waals surface area contributed by atoms with Gasteiger partial charge in [0.25, 0.3) is 0 Å². The van der Waals surface area contributed by atoms with Crippen LogP contribution in [0.3, 0.4) is 0 Å². The maximum atomic E-state index is 5.22. The van der Waals surface area contributed by atoms with Crippen molar-refractivity contribution in [2.75, 3.05) is 0 Å². The molecule has 0 unspecified atom stereocenters. The van der Waals surface area contributed by atoms with Gasteiger partial charge in [-0.2, -0.15) is 5.10 Å². The molecule has 1 rings (SSSR count). The first-order chi connectivity index (χ1) is 7.09. The van der Waals surface area contributed by atoms with Gasteiger partial charge in [0.15, 0.2) is 5.11 Å². The van der Waals surface area contributed by atoms with Crippen LogP contribution in [0.2, 0.25) is 0 Å². The summed E-state index contributed by atoms with van der Waals surface area (Å²) in [5.41, 5.74) is 10.8. The maximum absolute atomic E-state index is 5.22. The molecule has 3 nitrogen and oxygen atoms in total. The number of nitrogens with one attached hydrogen (secondary N) is 1. The van der Waals surface area contributed by atoms with E-state index in [0.717, 1.165) is 16.7 Å². The van der Waals surface area contributed by atoms with Crippen molar-refractivity contribution in [1.82, 2.24) is 5.43 Å². The molecule has 0 spiro atoms. The van der Waals surface area contributed by atoms with Crippen LogP contribution in [0.15, 0.2) is 35.9 Å². The Balaban J connectivity index is 2.68. The van der Waals surface area contributed by atoms with E-state index >= 15 is 0 Å². The number of benzene rings is 1. The molecule has 0 aliphatic carbocycles. The zero-order valence-corrected chi connectivity index (χ0v) is 9.34. The lowest BCUT2D eigenvalue weighted by atomic mass is 10.1. The molecule has 1 aromatic rings. The van der Waals surface area contributed by atoms with Crippen molar-refractivity contribution < 1.29 is 0 Å². The van der Waals surface area contributed by atoms with Crippen molar-refractivity contribution in [3.8, 4) is 0 Å². The van der Waals surface area contributed by atoms with Crippen molar-refractivity contribution in [1.29, 1.82) is 0 Å². The molecule has 0 aromatic heterocycles. The van der Waals surface area contributed by atoms with Crippen LogP contribution in [0.1, 0.15) is 18.1 Å². The number of allylic oxidation sites excluding steroid dienone is 1. The van der Waals surface area contributed by atoms with Crippen LogP contribution in [0.25, 0.3) is 5.57 Å². The molecule has 0 radical (unpaired) electrons. The van der Waals surface area contributed by atoms with E-state index in [1.54, 1.807) is 6.21 Å². The Morgan fingerprint density at radius 1 is 1.47 bits per heavy atom. The van der Waals surface area contributed by atoms with E-state index in [1.165, 1.54) is 0 Å². The van der Waals surface area contributed by atoms with Crippen molar-refractivity contribution >= 4 is 29.1 Å². The van der Waals surface area contributed by atoms with Crippen molar-refractivity contribution in [3.63, 3.8) is 0 Å². The molecule has 0 fully saturated rings. The van der Waals surface area contributed by atoms with Gasteiger partial charge >= 0.3 is 0 Å². The topological polar surface area (TPSA) is 50.4 Å². The minimum absolute atomic E-state index is 0.157. The highest BCUT2D eigenvalue weighted by molar-refractivity contribution is 7.80. The van der Waals surface area contributed by atoms with Crippen LogP contribution in [-0.2, 0) is 0 Å². The van der Waals surface area contributed by atoms with Crippen LogP contribution < -0.4 is 11.2 Å². The lowest BCUT2D eigenvalue weighted by Gasteiger charge is -1.99. The first-order valence-electron chi connectivity index (χ1n) is 4.44. The Morgan fingerprint density at radius 2 is 2.07 bits per heavy atom. The maximum Gasteiger partial charge on any atom is 0.184 e. The Kier molecular flexibility index (Phi) is 4.00. The molecule has 0 heterocycles. The summed E-state index contributed by atoms with van der Waals surface area (Å²) in [5.74, 6) is 0. The number of thiocarbonyl (C=S) groups is 1. The van der Waals surface area contributed by atoms with E-state index in [-0.39, 0.29) is 5.11 Å². The van der Waals surface area contributed by atoms with Gasteiger partial charge in [0, 0.05) is 0 Å². The van der Waals surface area contributed by atoms with Gasteiger partial charge in [-0.05, 0) is 30.3 Å². The van der Waals surface area contributed by atoms with Crippen LogP contribution in [0, 0.1) is 0 Å². The minimum atomic E-state index is 0.157. The van der Waals surface area contributed by atoms with Gasteiger partial charge in [0.1, 0.15) is 0 Å². The second-order valence-corrected chi connectivity index (χ2v) is 3.58. The fourth-order valence-electron chi connectivity index (χ4n) is 1.02. The number of hydrazone groups is 1. The van der Waals surface area contributed by atoms with Gasteiger partial charge in [-0.3, -0.25) is 5.43 Å². The van der Waals surface area contributed by atoms with Crippen molar-refractivity contribution in [2.45, 2.75) is 6.92 Å². The summed E-state index contributed by atoms with van der Waals surface area (Å²) in [6.07, 6.45) is 1.65. The summed E-state index contributed by atoms with van der Waals surface area (Å²) in [6, 6.07) is 7.89. The van der Waals surface area contributed by atoms with Crippen molar-refractivity contribution in [3.05, 3.63) is 42.0 Å². The predicted octanol–water partition coefficient (Wildman–Crippen LogP) is 1.89. The molecule has 0 saturated carbocycles. The molecule has 1 aromatic carbocycles. The highest BCUT2D eigenvalue weighted by Crippen LogP contribution is 2.11. The molecule has 0 saturated heterocycles. The fourth-order valence-corrected chi connectivity index (χ4v) is 1.08. The highest BCUT2D eigenvalue weighted by atomic mass is 32.1. The van der Waals surface area contributed by atoms with E-state index in [4.69, 9.17) is 5.73 Å². The highest BCUT2D eigenvalue weighted by Gasteiger charge is 1.92. The number of rotatable bonds is 3. The zero-order valence-electron chi connectivity index (χ0n) is 8.53. The fraction of sp³-hybridized carbons (Fsp3) is 0.0909. The van der Waals surface area contributed by atoms with Crippen LogP contribution in [0.4, 0.5) is 0 Å². The first kappa shape index (κ1) is 11.4. The second kappa shape index (κ2) is 5.26. The van der Waals surface area contributed by atoms with E-state index in [2.05, 4.69) is 29.3 Å². The lowest BCUT2D eigenvalue weighted by Crippen LogP contribution is -2.23. The monoisotopic (exact) mass is 219 g/mol. The van der Waals surface area contributed by atoms with E-state index in [0.29, 0.717) is 0 Å². The molecule has 0 atom stereocenters. The number of hydrogen-bond donors (Lipinski definition) is 2. The Labute approximate surface area is 94.7 Å².